The Hall–Kier alpha value is 0.580. The van der Waals surface area contributed by atoms with Crippen LogP contribution in [-0.2, 0) is 28.2 Å². The van der Waals surface area contributed by atoms with Gasteiger partial charge in [0.1, 0.15) is 18.8 Å². The molecule has 0 unspecified atom stereocenters. The van der Waals surface area contributed by atoms with Crippen LogP contribution in [0.3, 0.4) is 0 Å². The Morgan fingerprint density at radius 2 is 1.81 bits per heavy atom. The predicted octanol–water partition coefficient (Wildman–Crippen LogP) is 0.116. The average Bonchev–Trinajstić information content (AvgIpc) is 2.36. The van der Waals surface area contributed by atoms with Gasteiger partial charge in [-0.3, -0.25) is 0 Å². The second-order valence-electron chi connectivity index (χ2n) is 4.27. The Morgan fingerprint density at radius 3 is 2.29 bits per heavy atom. The zero-order chi connectivity index (χ0) is 16.4. The first-order valence-electron chi connectivity index (χ1n) is 5.65. The maximum atomic E-state index is 11.6. The molecule has 0 spiro atoms. The van der Waals surface area contributed by atoms with E-state index in [-0.39, 0.29) is 0 Å². The third-order valence-corrected chi connectivity index (χ3v) is 3.80. The molecule has 0 aromatic heterocycles. The molecule has 12 heteroatoms. The first-order valence-corrected chi connectivity index (χ1v) is 8.12. The van der Waals surface area contributed by atoms with Crippen LogP contribution in [0.1, 0.15) is 6.92 Å². The fourth-order valence-electron chi connectivity index (χ4n) is 1.60. The molecule has 1 fully saturated rings. The number of aliphatic hydroxyl groups excluding tert-OH is 2. The molecule has 0 radical (unpaired) electrons. The van der Waals surface area contributed by atoms with Gasteiger partial charge in [-0.2, -0.15) is 8.42 Å². The topological polar surface area (TPSA) is 112 Å². The lowest BCUT2D eigenvalue weighted by atomic mass is 10.0. The third kappa shape index (κ3) is 5.94. The normalized spacial score (nSPS) is 34.9. The number of hydrogen-bond acceptors (Lipinski definition) is 8. The number of rotatable bonds is 5. The molecular weight excluding hydrogens is 375 g/mol. The molecule has 0 bridgehead atoms. The summed E-state index contributed by atoms with van der Waals surface area (Å²) in [5.74, 6) is 0. The molecule has 0 aromatic rings. The van der Waals surface area contributed by atoms with E-state index in [1.165, 1.54) is 14.0 Å². The van der Waals surface area contributed by atoms with Gasteiger partial charge in [0.15, 0.2) is 12.4 Å². The van der Waals surface area contributed by atoms with E-state index >= 15 is 0 Å². The summed E-state index contributed by atoms with van der Waals surface area (Å²) in [5.41, 5.74) is 0. The summed E-state index contributed by atoms with van der Waals surface area (Å²) in [6, 6.07) is 0. The zero-order valence-corrected chi connectivity index (χ0v) is 14.1. The number of halogens is 3. The van der Waals surface area contributed by atoms with E-state index in [1.54, 1.807) is 0 Å². The fraction of sp³-hybridized carbons (Fsp3) is 1.00. The van der Waals surface area contributed by atoms with Gasteiger partial charge in [-0.15, -0.1) is 0 Å². The second-order valence-corrected chi connectivity index (χ2v) is 8.03. The molecule has 21 heavy (non-hydrogen) atoms. The molecule has 1 aliphatic heterocycles. The summed E-state index contributed by atoms with van der Waals surface area (Å²) in [5, 5.41) is 19.5. The summed E-state index contributed by atoms with van der Waals surface area (Å²) in [6.07, 6.45) is -6.50. The van der Waals surface area contributed by atoms with E-state index in [4.69, 9.17) is 44.3 Å². The van der Waals surface area contributed by atoms with Gasteiger partial charge in [-0.25, -0.2) is 8.37 Å². The van der Waals surface area contributed by atoms with Gasteiger partial charge in [0.05, 0.1) is 6.10 Å². The van der Waals surface area contributed by atoms with Crippen molar-refractivity contribution in [1.82, 2.24) is 0 Å². The maximum absolute atomic E-state index is 11.6. The summed E-state index contributed by atoms with van der Waals surface area (Å²) in [6.45, 7) is 0.685. The lowest BCUT2D eigenvalue weighted by Crippen LogP contribution is -2.58. The van der Waals surface area contributed by atoms with E-state index in [0.717, 1.165) is 0 Å². The molecule has 1 rings (SSSR count). The molecule has 0 amide bonds. The van der Waals surface area contributed by atoms with Crippen molar-refractivity contribution >= 4 is 45.2 Å². The van der Waals surface area contributed by atoms with Crippen molar-refractivity contribution < 1.29 is 36.5 Å². The Morgan fingerprint density at radius 1 is 1.24 bits per heavy atom. The minimum Gasteiger partial charge on any atom is -0.388 e. The third-order valence-electron chi connectivity index (χ3n) is 2.61. The van der Waals surface area contributed by atoms with Crippen LogP contribution < -0.4 is 0 Å². The van der Waals surface area contributed by atoms with Crippen molar-refractivity contribution in [3.63, 3.8) is 0 Å². The first-order chi connectivity index (χ1) is 9.47. The van der Waals surface area contributed by atoms with Crippen molar-refractivity contribution in [3.8, 4) is 0 Å². The molecule has 1 heterocycles. The Bertz CT molecular complexity index is 437. The van der Waals surface area contributed by atoms with Crippen LogP contribution in [0.5, 0.6) is 0 Å². The van der Waals surface area contributed by atoms with E-state index in [1.807, 2.05) is 0 Å². The summed E-state index contributed by atoms with van der Waals surface area (Å²) in [7, 11) is -3.40. The van der Waals surface area contributed by atoms with Crippen molar-refractivity contribution in [3.05, 3.63) is 0 Å². The van der Waals surface area contributed by atoms with Crippen LogP contribution in [0, 0.1) is 0 Å². The highest BCUT2D eigenvalue weighted by atomic mass is 35.6. The number of aliphatic hydroxyl groups is 2. The molecule has 1 aliphatic rings. The number of methoxy groups -OCH3 is 1. The number of ether oxygens (including phenoxy) is 2. The molecule has 5 atom stereocenters. The smallest absolute Gasteiger partial charge is 0.388 e. The van der Waals surface area contributed by atoms with Gasteiger partial charge in [0.2, 0.25) is 3.79 Å². The van der Waals surface area contributed by atoms with Crippen LogP contribution >= 0.6 is 34.8 Å². The summed E-state index contributed by atoms with van der Waals surface area (Å²) >= 11 is 16.1. The standard InChI is InChI=1S/C9H15Cl3O8S/c1-4-5(13)6(14)7(8(17-2)19-4)20-21(15,16)18-3-9(10,11)12/h4-8,13-14H,3H2,1-2H3/t4-,5+,6+,7-,8+/m0/s1. The quantitative estimate of drug-likeness (QED) is 0.638. The van der Waals surface area contributed by atoms with E-state index in [9.17, 15) is 18.6 Å². The van der Waals surface area contributed by atoms with E-state index < -0.39 is 51.5 Å². The van der Waals surface area contributed by atoms with Gasteiger partial charge < -0.3 is 19.7 Å². The van der Waals surface area contributed by atoms with Crippen LogP contribution in [0.4, 0.5) is 0 Å². The monoisotopic (exact) mass is 388 g/mol. The van der Waals surface area contributed by atoms with Gasteiger partial charge in [-0.05, 0) is 6.92 Å². The highest BCUT2D eigenvalue weighted by molar-refractivity contribution is 7.81. The average molecular weight is 390 g/mol. The lowest BCUT2D eigenvalue weighted by Gasteiger charge is -2.39. The first kappa shape index (κ1) is 19.6. The molecule has 0 saturated carbocycles. The molecule has 8 nitrogen and oxygen atoms in total. The largest absolute Gasteiger partial charge is 0.400 e. The van der Waals surface area contributed by atoms with Gasteiger partial charge in [0, 0.05) is 7.11 Å². The van der Waals surface area contributed by atoms with Gasteiger partial charge in [0.25, 0.3) is 0 Å². The summed E-state index contributed by atoms with van der Waals surface area (Å²) in [4.78, 5) is 0. The molecule has 126 valence electrons. The highest BCUT2D eigenvalue weighted by Crippen LogP contribution is 2.29. The minimum absolute atomic E-state index is 0.783. The number of alkyl halides is 3. The van der Waals surface area contributed by atoms with Crippen molar-refractivity contribution in [2.24, 2.45) is 0 Å². The zero-order valence-electron chi connectivity index (χ0n) is 11.0. The molecule has 0 aliphatic carbocycles. The molecule has 2 N–H and O–H groups in total. The SMILES string of the molecule is CO[C@@H]1O[C@@H](C)[C@@H](O)[C@@H](O)[C@@H]1OS(=O)(=O)OCC(Cl)(Cl)Cl. The van der Waals surface area contributed by atoms with E-state index in [2.05, 4.69) is 8.37 Å². The van der Waals surface area contributed by atoms with Crippen molar-refractivity contribution in [2.75, 3.05) is 13.7 Å². The highest BCUT2D eigenvalue weighted by Gasteiger charge is 2.46. The molecule has 1 saturated heterocycles. The maximum Gasteiger partial charge on any atom is 0.400 e. The lowest BCUT2D eigenvalue weighted by molar-refractivity contribution is -0.280. The Kier molecular flexibility index (Phi) is 6.95. The van der Waals surface area contributed by atoms with Crippen LogP contribution in [0.2, 0.25) is 0 Å². The Balaban J connectivity index is 2.78. The molecular formula is C9H15Cl3O8S. The van der Waals surface area contributed by atoms with Gasteiger partial charge in [-0.1, -0.05) is 34.8 Å². The Labute approximate surface area is 137 Å². The predicted molar refractivity (Wildman–Crippen MR) is 73.4 cm³/mol. The van der Waals surface area contributed by atoms with Crippen LogP contribution in [0.15, 0.2) is 0 Å². The number of hydrogen-bond donors (Lipinski definition) is 2. The summed E-state index contributed by atoms with van der Waals surface area (Å²) < 4.78 is 40.3. The van der Waals surface area contributed by atoms with E-state index in [0.29, 0.717) is 0 Å². The van der Waals surface area contributed by atoms with Gasteiger partial charge >= 0.3 is 10.4 Å². The fourth-order valence-corrected chi connectivity index (χ4v) is 2.81. The van der Waals surface area contributed by atoms with Crippen LogP contribution in [0.25, 0.3) is 0 Å². The second kappa shape index (κ2) is 7.43. The van der Waals surface area contributed by atoms with Crippen LogP contribution in [-0.4, -0.2) is 66.8 Å². The molecule has 0 aromatic carbocycles. The minimum atomic E-state index is -4.62. The van der Waals surface area contributed by atoms with Crippen molar-refractivity contribution in [1.29, 1.82) is 0 Å². The van der Waals surface area contributed by atoms with Crippen molar-refractivity contribution in [2.45, 2.75) is 41.4 Å².